The first kappa shape index (κ1) is 28.8. The molecule has 0 saturated heterocycles. The predicted octanol–water partition coefficient (Wildman–Crippen LogP) is 1.12. The highest BCUT2D eigenvalue weighted by Crippen LogP contribution is 2.21. The van der Waals surface area contributed by atoms with Crippen LogP contribution in [0.15, 0.2) is 0 Å². The SMILES string of the molecule is CCCCCC(O)C(CC(O)C(CC(O)C(CCCCC=O)[N+](=O)[O-])[N+](=O)[O-])[N+](=O)[O-]. The van der Waals surface area contributed by atoms with E-state index in [4.69, 9.17) is 0 Å². The van der Waals surface area contributed by atoms with Crippen molar-refractivity contribution < 1.29 is 34.9 Å². The van der Waals surface area contributed by atoms with Crippen molar-refractivity contribution in [3.63, 3.8) is 0 Å². The molecule has 0 rings (SSSR count). The first-order chi connectivity index (χ1) is 14.6. The highest BCUT2D eigenvalue weighted by Gasteiger charge is 2.42. The van der Waals surface area contributed by atoms with Crippen molar-refractivity contribution in [1.82, 2.24) is 0 Å². The van der Waals surface area contributed by atoms with Crippen molar-refractivity contribution in [3.8, 4) is 0 Å². The van der Waals surface area contributed by atoms with Crippen LogP contribution < -0.4 is 0 Å². The van der Waals surface area contributed by atoms with E-state index >= 15 is 0 Å². The van der Waals surface area contributed by atoms with E-state index in [1.165, 1.54) is 0 Å². The molecule has 0 heterocycles. The van der Waals surface area contributed by atoms with Crippen molar-refractivity contribution in [2.75, 3.05) is 0 Å². The van der Waals surface area contributed by atoms with Gasteiger partial charge in [-0.3, -0.25) is 30.3 Å². The van der Waals surface area contributed by atoms with Crippen molar-refractivity contribution in [2.45, 2.75) is 108 Å². The summed E-state index contributed by atoms with van der Waals surface area (Å²) in [6.45, 7) is 1.91. The van der Waals surface area contributed by atoms with Crippen molar-refractivity contribution in [2.24, 2.45) is 0 Å². The van der Waals surface area contributed by atoms with Crippen LogP contribution in [0.4, 0.5) is 0 Å². The number of unbranched alkanes of at least 4 members (excludes halogenated alkanes) is 4. The number of aliphatic hydroxyl groups excluding tert-OH is 3. The van der Waals surface area contributed by atoms with Crippen LogP contribution in [0.25, 0.3) is 0 Å². The topological polar surface area (TPSA) is 207 Å². The number of nitro groups is 3. The Balaban J connectivity index is 5.15. The Labute approximate surface area is 179 Å². The number of carbonyl (C=O) groups is 1. The zero-order chi connectivity index (χ0) is 24.0. The molecule has 0 bridgehead atoms. The quantitative estimate of drug-likeness (QED) is 0.110. The number of carbonyl (C=O) groups excluding carboxylic acids is 1. The third-order valence-electron chi connectivity index (χ3n) is 5.29. The van der Waals surface area contributed by atoms with Gasteiger partial charge in [0.2, 0.25) is 18.1 Å². The molecule has 0 aromatic carbocycles. The second kappa shape index (κ2) is 15.5. The second-order valence-corrected chi connectivity index (χ2v) is 7.68. The van der Waals surface area contributed by atoms with E-state index < -0.39 is 64.0 Å². The summed E-state index contributed by atoms with van der Waals surface area (Å²) in [5.74, 6) is 0. The number of rotatable bonds is 19. The molecule has 0 aliphatic carbocycles. The number of hydrogen-bond acceptors (Lipinski definition) is 10. The number of hydrogen-bond donors (Lipinski definition) is 3. The molecule has 0 aliphatic rings. The molecule has 0 saturated carbocycles. The van der Waals surface area contributed by atoms with E-state index in [1.807, 2.05) is 6.92 Å². The molecule has 13 heteroatoms. The Morgan fingerprint density at radius 2 is 1.16 bits per heavy atom. The monoisotopic (exact) mass is 451 g/mol. The van der Waals surface area contributed by atoms with Gasteiger partial charge in [-0.15, -0.1) is 0 Å². The first-order valence-corrected chi connectivity index (χ1v) is 10.4. The fourth-order valence-corrected chi connectivity index (χ4v) is 3.39. The van der Waals surface area contributed by atoms with Gasteiger partial charge in [0.15, 0.2) is 0 Å². The van der Waals surface area contributed by atoms with Crippen LogP contribution in [0.5, 0.6) is 0 Å². The highest BCUT2D eigenvalue weighted by atomic mass is 16.6. The Kier molecular flexibility index (Phi) is 14.4. The summed E-state index contributed by atoms with van der Waals surface area (Å²) in [5, 5.41) is 64.4. The molecule has 0 amide bonds. The van der Waals surface area contributed by atoms with Gasteiger partial charge in [-0.05, 0) is 19.3 Å². The second-order valence-electron chi connectivity index (χ2n) is 7.68. The lowest BCUT2D eigenvalue weighted by atomic mass is 9.91. The minimum absolute atomic E-state index is 0.0994. The lowest BCUT2D eigenvalue weighted by Gasteiger charge is -2.23. The summed E-state index contributed by atoms with van der Waals surface area (Å²) in [6, 6.07) is -5.05. The van der Waals surface area contributed by atoms with Gasteiger partial charge in [0, 0.05) is 27.6 Å². The predicted molar refractivity (Wildman–Crippen MR) is 108 cm³/mol. The van der Waals surface area contributed by atoms with Gasteiger partial charge < -0.3 is 20.1 Å². The molecule has 180 valence electrons. The molecule has 31 heavy (non-hydrogen) atoms. The average Bonchev–Trinajstić information content (AvgIpc) is 2.69. The number of aldehydes is 1. The Morgan fingerprint density at radius 3 is 1.61 bits per heavy atom. The van der Waals surface area contributed by atoms with Gasteiger partial charge in [-0.1, -0.05) is 26.2 Å². The molecule has 6 unspecified atom stereocenters. The van der Waals surface area contributed by atoms with E-state index in [1.54, 1.807) is 0 Å². The summed E-state index contributed by atoms with van der Waals surface area (Å²) in [5.41, 5.74) is 0. The molecule has 0 aliphatic heterocycles. The molecular formula is C18H33N3O10. The standard InChI is InChI=1S/C18H33N3O10/c1-2-3-5-9-16(23)14(20(28)29)11-18(25)15(21(30)31)12-17(24)13(19(26)27)8-6-4-7-10-22/h10,13-18,23-25H,2-9,11-12H2,1H3. The fraction of sp³-hybridized carbons (Fsp3) is 0.944. The molecular weight excluding hydrogens is 418 g/mol. The smallest absolute Gasteiger partial charge is 0.241 e. The normalized spacial score (nSPS) is 17.2. The van der Waals surface area contributed by atoms with E-state index in [0.29, 0.717) is 19.1 Å². The summed E-state index contributed by atoms with van der Waals surface area (Å²) in [4.78, 5) is 41.7. The minimum Gasteiger partial charge on any atom is -0.386 e. The van der Waals surface area contributed by atoms with Crippen LogP contribution in [0.3, 0.4) is 0 Å². The van der Waals surface area contributed by atoms with Crippen LogP contribution in [-0.2, 0) is 4.79 Å². The number of aliphatic hydroxyl groups is 3. The van der Waals surface area contributed by atoms with E-state index in [-0.39, 0.29) is 25.7 Å². The Morgan fingerprint density at radius 1 is 0.710 bits per heavy atom. The zero-order valence-corrected chi connectivity index (χ0v) is 17.7. The average molecular weight is 451 g/mol. The molecule has 0 fully saturated rings. The first-order valence-electron chi connectivity index (χ1n) is 10.4. The van der Waals surface area contributed by atoms with E-state index in [9.17, 15) is 50.5 Å². The van der Waals surface area contributed by atoms with Gasteiger partial charge in [-0.25, -0.2) is 0 Å². The third-order valence-corrected chi connectivity index (χ3v) is 5.29. The highest BCUT2D eigenvalue weighted by molar-refractivity contribution is 5.48. The van der Waals surface area contributed by atoms with Crippen LogP contribution in [-0.4, -0.2) is 72.8 Å². The summed E-state index contributed by atoms with van der Waals surface area (Å²) in [7, 11) is 0. The van der Waals surface area contributed by atoms with Crippen molar-refractivity contribution in [3.05, 3.63) is 30.3 Å². The molecule has 3 N–H and O–H groups in total. The Hall–Kier alpha value is -2.25. The van der Waals surface area contributed by atoms with Crippen LogP contribution in [0, 0.1) is 30.3 Å². The van der Waals surface area contributed by atoms with E-state index in [0.717, 1.165) is 12.8 Å². The third kappa shape index (κ3) is 11.1. The molecule has 0 radical (unpaired) electrons. The van der Waals surface area contributed by atoms with Crippen LogP contribution >= 0.6 is 0 Å². The maximum atomic E-state index is 11.4. The zero-order valence-electron chi connectivity index (χ0n) is 17.7. The van der Waals surface area contributed by atoms with Crippen LogP contribution in [0.2, 0.25) is 0 Å². The van der Waals surface area contributed by atoms with Gasteiger partial charge in [-0.2, -0.15) is 0 Å². The molecule has 0 aromatic rings. The van der Waals surface area contributed by atoms with Gasteiger partial charge in [0.05, 0.1) is 12.8 Å². The Bertz CT molecular complexity index is 577. The lowest BCUT2D eigenvalue weighted by molar-refractivity contribution is -0.562. The molecule has 0 spiro atoms. The maximum Gasteiger partial charge on any atom is 0.241 e. The van der Waals surface area contributed by atoms with Gasteiger partial charge in [0.1, 0.15) is 24.6 Å². The lowest BCUT2D eigenvalue weighted by Crippen LogP contribution is -2.46. The fourth-order valence-electron chi connectivity index (χ4n) is 3.39. The molecule has 0 aromatic heterocycles. The largest absolute Gasteiger partial charge is 0.386 e. The summed E-state index contributed by atoms with van der Waals surface area (Å²) >= 11 is 0. The maximum absolute atomic E-state index is 11.4. The summed E-state index contributed by atoms with van der Waals surface area (Å²) < 4.78 is 0. The number of nitrogens with zero attached hydrogens (tertiary/aromatic N) is 3. The van der Waals surface area contributed by atoms with Crippen LogP contribution in [0.1, 0.15) is 71.1 Å². The van der Waals surface area contributed by atoms with Crippen molar-refractivity contribution >= 4 is 6.29 Å². The van der Waals surface area contributed by atoms with Gasteiger partial charge in [0.25, 0.3) is 0 Å². The molecule has 6 atom stereocenters. The van der Waals surface area contributed by atoms with Crippen molar-refractivity contribution in [1.29, 1.82) is 0 Å². The van der Waals surface area contributed by atoms with E-state index in [2.05, 4.69) is 0 Å². The minimum atomic E-state index is -1.89. The summed E-state index contributed by atoms with van der Waals surface area (Å²) in [6.07, 6.45) is -3.02. The van der Waals surface area contributed by atoms with Gasteiger partial charge >= 0.3 is 0 Å². The molecule has 13 nitrogen and oxygen atoms in total.